The van der Waals surface area contributed by atoms with Gasteiger partial charge in [0.2, 0.25) is 0 Å². The second-order valence-corrected chi connectivity index (χ2v) is 4.99. The van der Waals surface area contributed by atoms with Gasteiger partial charge in [0.1, 0.15) is 0 Å². The molecule has 5 heteroatoms. The third-order valence-electron chi connectivity index (χ3n) is 2.10. The molecule has 3 nitrogen and oxygen atoms in total. The quantitative estimate of drug-likeness (QED) is 0.610. The zero-order chi connectivity index (χ0) is 11.0. The molecule has 0 atom stereocenters. The van der Waals surface area contributed by atoms with E-state index in [0.717, 1.165) is 19.1 Å². The van der Waals surface area contributed by atoms with E-state index in [0.29, 0.717) is 5.56 Å². The van der Waals surface area contributed by atoms with Crippen molar-refractivity contribution < 1.29 is 9.53 Å². The number of benzene rings is 1. The molecule has 2 rings (SSSR count). The molecule has 0 aliphatic heterocycles. The lowest BCUT2D eigenvalue weighted by Crippen LogP contribution is -2.01. The number of hydrogen-bond donors (Lipinski definition) is 1. The summed E-state index contributed by atoms with van der Waals surface area (Å²) in [7, 11) is 1.39. The summed E-state index contributed by atoms with van der Waals surface area (Å²) in [6.07, 6.45) is 0. The number of halogens is 2. The van der Waals surface area contributed by atoms with E-state index < -0.39 is 0 Å². The predicted molar refractivity (Wildman–Crippen MR) is 70.1 cm³/mol. The van der Waals surface area contributed by atoms with Crippen molar-refractivity contribution in [1.82, 2.24) is 4.98 Å². The molecule has 0 spiro atoms. The Morgan fingerprint density at radius 1 is 1.53 bits per heavy atom. The molecule has 1 heterocycles. The molecule has 0 bridgehead atoms. The second-order valence-electron chi connectivity index (χ2n) is 3.00. The predicted octanol–water partition coefficient (Wildman–Crippen LogP) is 3.32. The fourth-order valence-corrected chi connectivity index (χ4v) is 2.60. The molecular formula is C10H7BrINO2. The van der Waals surface area contributed by atoms with Gasteiger partial charge in [-0.05, 0) is 34.7 Å². The number of H-pyrrole nitrogens is 1. The van der Waals surface area contributed by atoms with Crippen molar-refractivity contribution in [2.75, 3.05) is 7.11 Å². The monoisotopic (exact) mass is 379 g/mol. The Bertz CT molecular complexity index is 535. The van der Waals surface area contributed by atoms with Gasteiger partial charge in [-0.3, -0.25) is 0 Å². The van der Waals surface area contributed by atoms with E-state index in [9.17, 15) is 4.79 Å². The van der Waals surface area contributed by atoms with E-state index in [1.54, 1.807) is 0 Å². The fourth-order valence-electron chi connectivity index (χ4n) is 1.44. The Kier molecular flexibility index (Phi) is 3.01. The lowest BCUT2D eigenvalue weighted by molar-refractivity contribution is 0.0602. The number of aromatic nitrogens is 1. The normalized spacial score (nSPS) is 10.6. The van der Waals surface area contributed by atoms with Crippen LogP contribution in [0, 0.1) is 3.70 Å². The van der Waals surface area contributed by atoms with Crippen LogP contribution in [0.1, 0.15) is 10.4 Å². The van der Waals surface area contributed by atoms with Crippen molar-refractivity contribution in [2.45, 2.75) is 0 Å². The van der Waals surface area contributed by atoms with Crippen LogP contribution >= 0.6 is 38.5 Å². The molecule has 0 saturated carbocycles. The Labute approximate surface area is 108 Å². The fraction of sp³-hybridized carbons (Fsp3) is 0.100. The highest BCUT2D eigenvalue weighted by molar-refractivity contribution is 14.1. The van der Waals surface area contributed by atoms with Gasteiger partial charge in [0.05, 0.1) is 16.4 Å². The first-order valence-electron chi connectivity index (χ1n) is 4.18. The zero-order valence-corrected chi connectivity index (χ0v) is 11.5. The number of rotatable bonds is 1. The molecule has 0 saturated heterocycles. The first-order chi connectivity index (χ1) is 7.13. The van der Waals surface area contributed by atoms with Crippen LogP contribution in [-0.2, 0) is 4.74 Å². The molecular weight excluding hydrogens is 373 g/mol. The molecule has 0 amide bonds. The van der Waals surface area contributed by atoms with Crippen molar-refractivity contribution in [3.05, 3.63) is 31.9 Å². The van der Waals surface area contributed by atoms with Crippen molar-refractivity contribution in [2.24, 2.45) is 0 Å². The highest BCUT2D eigenvalue weighted by Gasteiger charge is 2.17. The molecule has 0 fully saturated rings. The number of methoxy groups -OCH3 is 1. The summed E-state index contributed by atoms with van der Waals surface area (Å²) < 4.78 is 6.51. The van der Waals surface area contributed by atoms with Crippen LogP contribution in [0.3, 0.4) is 0 Å². The second kappa shape index (κ2) is 4.13. The maximum Gasteiger partial charge on any atom is 0.341 e. The smallest absolute Gasteiger partial charge is 0.341 e. The van der Waals surface area contributed by atoms with Crippen LogP contribution < -0.4 is 0 Å². The first-order valence-corrected chi connectivity index (χ1v) is 6.05. The number of carbonyl (C=O) groups excluding carboxylic acids is 1. The van der Waals surface area contributed by atoms with E-state index in [-0.39, 0.29) is 5.97 Å². The minimum absolute atomic E-state index is 0.312. The zero-order valence-electron chi connectivity index (χ0n) is 7.80. The number of ether oxygens (including phenoxy) is 1. The SMILES string of the molecule is COC(=O)c1c(I)[nH]c2cc(Br)ccc12. The van der Waals surface area contributed by atoms with Crippen LogP contribution in [0.25, 0.3) is 10.9 Å². The lowest BCUT2D eigenvalue weighted by atomic mass is 10.2. The summed E-state index contributed by atoms with van der Waals surface area (Å²) in [6.45, 7) is 0. The van der Waals surface area contributed by atoms with Crippen LogP contribution in [0.5, 0.6) is 0 Å². The van der Waals surface area contributed by atoms with Crippen molar-refractivity contribution in [1.29, 1.82) is 0 Å². The molecule has 1 N–H and O–H groups in total. The van der Waals surface area contributed by atoms with Gasteiger partial charge < -0.3 is 9.72 Å². The minimum atomic E-state index is -0.312. The molecule has 0 aliphatic carbocycles. The number of fused-ring (bicyclic) bond motifs is 1. The lowest BCUT2D eigenvalue weighted by Gasteiger charge is -1.97. The molecule has 15 heavy (non-hydrogen) atoms. The molecule has 2 aromatic rings. The number of esters is 1. The number of carbonyl (C=O) groups is 1. The van der Waals surface area contributed by atoms with E-state index in [1.807, 2.05) is 18.2 Å². The summed E-state index contributed by atoms with van der Waals surface area (Å²) in [5.41, 5.74) is 1.52. The van der Waals surface area contributed by atoms with E-state index in [2.05, 4.69) is 43.5 Å². The molecule has 0 aliphatic rings. The van der Waals surface area contributed by atoms with Crippen molar-refractivity contribution in [3.8, 4) is 0 Å². The summed E-state index contributed by atoms with van der Waals surface area (Å²) >= 11 is 5.47. The molecule has 1 aromatic carbocycles. The van der Waals surface area contributed by atoms with Gasteiger partial charge in [-0.25, -0.2) is 4.79 Å². The van der Waals surface area contributed by atoms with Crippen molar-refractivity contribution >= 4 is 55.4 Å². The topological polar surface area (TPSA) is 42.1 Å². The largest absolute Gasteiger partial charge is 0.465 e. The van der Waals surface area contributed by atoms with Gasteiger partial charge in [0.25, 0.3) is 0 Å². The maximum absolute atomic E-state index is 11.5. The summed E-state index contributed by atoms with van der Waals surface area (Å²) in [5, 5.41) is 0.884. The third kappa shape index (κ3) is 1.90. The highest BCUT2D eigenvalue weighted by atomic mass is 127. The number of nitrogens with one attached hydrogen (secondary N) is 1. The van der Waals surface area contributed by atoms with Crippen LogP contribution in [0.2, 0.25) is 0 Å². The van der Waals surface area contributed by atoms with Crippen LogP contribution in [0.4, 0.5) is 0 Å². The Balaban J connectivity index is 2.73. The van der Waals surface area contributed by atoms with Crippen LogP contribution in [0.15, 0.2) is 22.7 Å². The summed E-state index contributed by atoms with van der Waals surface area (Å²) in [4.78, 5) is 14.7. The van der Waals surface area contributed by atoms with Gasteiger partial charge in [-0.1, -0.05) is 22.0 Å². The van der Waals surface area contributed by atoms with Gasteiger partial charge >= 0.3 is 5.97 Å². The van der Waals surface area contributed by atoms with E-state index >= 15 is 0 Å². The third-order valence-corrected chi connectivity index (χ3v) is 3.41. The molecule has 1 aromatic heterocycles. The van der Waals surface area contributed by atoms with Crippen molar-refractivity contribution in [3.63, 3.8) is 0 Å². The average molecular weight is 380 g/mol. The van der Waals surface area contributed by atoms with Crippen LogP contribution in [-0.4, -0.2) is 18.1 Å². The van der Waals surface area contributed by atoms with Gasteiger partial charge in [0, 0.05) is 15.4 Å². The van der Waals surface area contributed by atoms with Gasteiger partial charge in [-0.2, -0.15) is 0 Å². The van der Waals surface area contributed by atoms with Gasteiger partial charge in [0.15, 0.2) is 0 Å². The Morgan fingerprint density at radius 3 is 2.93 bits per heavy atom. The maximum atomic E-state index is 11.5. The number of hydrogen-bond acceptors (Lipinski definition) is 2. The number of aromatic amines is 1. The Hall–Kier alpha value is -0.560. The molecule has 0 radical (unpaired) electrons. The molecule has 0 unspecified atom stereocenters. The average Bonchev–Trinajstić information content (AvgIpc) is 2.52. The standard InChI is InChI=1S/C10H7BrINO2/c1-15-10(14)8-6-3-2-5(11)4-7(6)13-9(8)12/h2-4,13H,1H3. The van der Waals surface area contributed by atoms with E-state index in [4.69, 9.17) is 4.74 Å². The first kappa shape index (κ1) is 10.9. The van der Waals surface area contributed by atoms with Gasteiger partial charge in [-0.15, -0.1) is 0 Å². The Morgan fingerprint density at radius 2 is 2.27 bits per heavy atom. The molecule has 78 valence electrons. The minimum Gasteiger partial charge on any atom is -0.465 e. The highest BCUT2D eigenvalue weighted by Crippen LogP contribution is 2.26. The summed E-state index contributed by atoms with van der Waals surface area (Å²) in [5.74, 6) is -0.312. The summed E-state index contributed by atoms with van der Waals surface area (Å²) in [6, 6.07) is 5.73. The van der Waals surface area contributed by atoms with E-state index in [1.165, 1.54) is 7.11 Å².